The molecule has 148 valence electrons. The van der Waals surface area contributed by atoms with Crippen LogP contribution in [0, 0.1) is 13.8 Å². The molecule has 0 unspecified atom stereocenters. The number of aromatic nitrogens is 2. The number of carbonyl (C=O) groups excluding carboxylic acids is 1. The smallest absolute Gasteiger partial charge is 0.251 e. The summed E-state index contributed by atoms with van der Waals surface area (Å²) < 4.78 is 5.54. The number of anilines is 3. The second-order valence-electron chi connectivity index (χ2n) is 7.46. The van der Waals surface area contributed by atoms with Gasteiger partial charge in [-0.2, -0.15) is 0 Å². The lowest BCUT2D eigenvalue weighted by atomic mass is 10.2. The van der Waals surface area contributed by atoms with Crippen molar-refractivity contribution in [1.29, 1.82) is 0 Å². The highest BCUT2D eigenvalue weighted by Gasteiger charge is 2.30. The topological polar surface area (TPSA) is 70.6 Å². The van der Waals surface area contributed by atoms with Crippen molar-refractivity contribution in [3.8, 4) is 0 Å². The highest BCUT2D eigenvalue weighted by atomic mass is 16.5. The van der Waals surface area contributed by atoms with Crippen LogP contribution in [0.15, 0.2) is 30.3 Å². The Labute approximate surface area is 165 Å². The van der Waals surface area contributed by atoms with E-state index in [-0.39, 0.29) is 12.0 Å². The van der Waals surface area contributed by atoms with Crippen molar-refractivity contribution < 1.29 is 9.53 Å². The lowest BCUT2D eigenvalue weighted by Gasteiger charge is -2.36. The first-order chi connectivity index (χ1) is 13.6. The molecule has 0 bridgehead atoms. The lowest BCUT2D eigenvalue weighted by Crippen LogP contribution is -2.51. The lowest BCUT2D eigenvalue weighted by molar-refractivity contribution is -0.141. The SMILES string of the molecule is Cc1ccc(Nc2cc(N3CCN(C(=O)[C@H]4CCCO4)CC3)nc(C)n2)cc1. The molecule has 2 fully saturated rings. The molecule has 0 aliphatic carbocycles. The van der Waals surface area contributed by atoms with Crippen molar-refractivity contribution in [2.24, 2.45) is 0 Å². The Kier molecular flexibility index (Phi) is 5.43. The van der Waals surface area contributed by atoms with E-state index in [0.29, 0.717) is 19.7 Å². The molecule has 1 amide bonds. The van der Waals surface area contributed by atoms with Crippen molar-refractivity contribution in [2.45, 2.75) is 32.8 Å². The third-order valence-corrected chi connectivity index (χ3v) is 5.27. The van der Waals surface area contributed by atoms with Crippen LogP contribution in [0.25, 0.3) is 0 Å². The summed E-state index contributed by atoms with van der Waals surface area (Å²) in [5.41, 5.74) is 2.22. The van der Waals surface area contributed by atoms with Gasteiger partial charge in [0.05, 0.1) is 0 Å². The van der Waals surface area contributed by atoms with Crippen molar-refractivity contribution >= 4 is 23.2 Å². The summed E-state index contributed by atoms with van der Waals surface area (Å²) >= 11 is 0. The third kappa shape index (κ3) is 4.25. The Morgan fingerprint density at radius 3 is 2.54 bits per heavy atom. The first-order valence-electron chi connectivity index (χ1n) is 9.93. The van der Waals surface area contributed by atoms with Crippen LogP contribution in [0.4, 0.5) is 17.3 Å². The molecular formula is C21H27N5O2. The summed E-state index contributed by atoms with van der Waals surface area (Å²) in [6, 6.07) is 10.2. The first kappa shape index (κ1) is 18.7. The normalized spacial score (nSPS) is 19.7. The predicted octanol–water partition coefficient (Wildman–Crippen LogP) is 2.66. The van der Waals surface area contributed by atoms with E-state index in [0.717, 1.165) is 49.1 Å². The van der Waals surface area contributed by atoms with Crippen LogP contribution in [-0.4, -0.2) is 59.7 Å². The standard InChI is InChI=1S/C21H27N5O2/c1-15-5-7-17(8-6-15)24-19-14-20(23-16(2)22-19)25-9-11-26(12-10-25)21(27)18-4-3-13-28-18/h5-8,14,18H,3-4,9-13H2,1-2H3,(H,22,23,24)/t18-/m1/s1. The molecular weight excluding hydrogens is 354 g/mol. The second kappa shape index (κ2) is 8.14. The van der Waals surface area contributed by atoms with Gasteiger partial charge in [0.15, 0.2) is 0 Å². The van der Waals surface area contributed by atoms with E-state index in [9.17, 15) is 4.79 Å². The van der Waals surface area contributed by atoms with Gasteiger partial charge in [-0.15, -0.1) is 0 Å². The average molecular weight is 381 g/mol. The number of piperazine rings is 1. The Morgan fingerprint density at radius 1 is 1.11 bits per heavy atom. The van der Waals surface area contributed by atoms with Crippen molar-refractivity contribution in [3.63, 3.8) is 0 Å². The minimum absolute atomic E-state index is 0.137. The quantitative estimate of drug-likeness (QED) is 0.878. The molecule has 2 aliphatic rings. The molecule has 2 saturated heterocycles. The predicted molar refractivity (Wildman–Crippen MR) is 109 cm³/mol. The largest absolute Gasteiger partial charge is 0.368 e. The summed E-state index contributed by atoms with van der Waals surface area (Å²) in [4.78, 5) is 25.8. The van der Waals surface area contributed by atoms with Gasteiger partial charge in [-0.05, 0) is 38.8 Å². The van der Waals surface area contributed by atoms with E-state index in [2.05, 4.69) is 39.2 Å². The zero-order chi connectivity index (χ0) is 19.5. The zero-order valence-electron chi connectivity index (χ0n) is 16.5. The number of amides is 1. The summed E-state index contributed by atoms with van der Waals surface area (Å²) in [7, 11) is 0. The minimum Gasteiger partial charge on any atom is -0.368 e. The Morgan fingerprint density at radius 2 is 1.86 bits per heavy atom. The van der Waals surface area contributed by atoms with Gasteiger partial charge in [-0.1, -0.05) is 17.7 Å². The number of aryl methyl sites for hydroxylation is 2. The fourth-order valence-corrected chi connectivity index (χ4v) is 3.69. The average Bonchev–Trinajstić information content (AvgIpc) is 3.24. The number of carbonyl (C=O) groups is 1. The van der Waals surface area contributed by atoms with E-state index in [1.165, 1.54) is 5.56 Å². The molecule has 0 spiro atoms. The molecule has 2 aromatic rings. The molecule has 0 radical (unpaired) electrons. The van der Waals surface area contributed by atoms with Crippen molar-refractivity contribution in [2.75, 3.05) is 43.0 Å². The van der Waals surface area contributed by atoms with Crippen LogP contribution in [0.3, 0.4) is 0 Å². The fourth-order valence-electron chi connectivity index (χ4n) is 3.69. The van der Waals surface area contributed by atoms with Gasteiger partial charge >= 0.3 is 0 Å². The summed E-state index contributed by atoms with van der Waals surface area (Å²) in [5, 5.41) is 3.36. The molecule has 4 rings (SSSR count). The molecule has 1 atom stereocenters. The molecule has 1 N–H and O–H groups in total. The first-order valence-corrected chi connectivity index (χ1v) is 9.93. The monoisotopic (exact) mass is 381 g/mol. The number of benzene rings is 1. The van der Waals surface area contributed by atoms with Crippen molar-refractivity contribution in [1.82, 2.24) is 14.9 Å². The Balaban J connectivity index is 1.41. The van der Waals surface area contributed by atoms with Crippen LogP contribution in [0.1, 0.15) is 24.2 Å². The van der Waals surface area contributed by atoms with E-state index in [4.69, 9.17) is 4.74 Å². The molecule has 1 aromatic heterocycles. The molecule has 2 aliphatic heterocycles. The number of ether oxygens (including phenoxy) is 1. The molecule has 7 nitrogen and oxygen atoms in total. The highest BCUT2D eigenvalue weighted by Crippen LogP contribution is 2.22. The van der Waals surface area contributed by atoms with Crippen LogP contribution in [0.5, 0.6) is 0 Å². The van der Waals surface area contributed by atoms with Crippen molar-refractivity contribution in [3.05, 3.63) is 41.7 Å². The molecule has 3 heterocycles. The number of hydrogen-bond acceptors (Lipinski definition) is 6. The van der Waals surface area contributed by atoms with E-state index in [1.54, 1.807) is 0 Å². The summed E-state index contributed by atoms with van der Waals surface area (Å²) in [5.74, 6) is 2.54. The minimum atomic E-state index is -0.238. The Hall–Kier alpha value is -2.67. The second-order valence-corrected chi connectivity index (χ2v) is 7.46. The highest BCUT2D eigenvalue weighted by molar-refractivity contribution is 5.81. The maximum absolute atomic E-state index is 12.5. The maximum atomic E-state index is 12.5. The van der Waals surface area contributed by atoms with Gasteiger partial charge in [-0.3, -0.25) is 4.79 Å². The Bertz CT molecular complexity index is 825. The van der Waals surface area contributed by atoms with Gasteiger partial charge in [0.2, 0.25) is 0 Å². The third-order valence-electron chi connectivity index (χ3n) is 5.27. The van der Waals surface area contributed by atoms with Crippen LogP contribution >= 0.6 is 0 Å². The molecule has 28 heavy (non-hydrogen) atoms. The molecule has 0 saturated carbocycles. The van der Waals surface area contributed by atoms with Crippen LogP contribution in [0.2, 0.25) is 0 Å². The molecule has 7 heteroatoms. The van der Waals surface area contributed by atoms with E-state index >= 15 is 0 Å². The number of nitrogens with one attached hydrogen (secondary N) is 1. The van der Waals surface area contributed by atoms with Gasteiger partial charge in [-0.25, -0.2) is 9.97 Å². The number of nitrogens with zero attached hydrogens (tertiary/aromatic N) is 4. The van der Waals surface area contributed by atoms with Gasteiger partial charge in [0.1, 0.15) is 23.6 Å². The van der Waals surface area contributed by atoms with Crippen LogP contribution in [-0.2, 0) is 9.53 Å². The number of rotatable bonds is 4. The summed E-state index contributed by atoms with van der Waals surface area (Å²) in [6.07, 6.45) is 1.59. The van der Waals surface area contributed by atoms with E-state index in [1.807, 2.05) is 30.0 Å². The summed E-state index contributed by atoms with van der Waals surface area (Å²) in [6.45, 7) is 7.59. The maximum Gasteiger partial charge on any atom is 0.251 e. The number of hydrogen-bond donors (Lipinski definition) is 1. The van der Waals surface area contributed by atoms with Crippen LogP contribution < -0.4 is 10.2 Å². The zero-order valence-corrected chi connectivity index (χ0v) is 16.5. The molecule has 1 aromatic carbocycles. The van der Waals surface area contributed by atoms with Gasteiger partial charge in [0.25, 0.3) is 5.91 Å². The fraction of sp³-hybridized carbons (Fsp3) is 0.476. The van der Waals surface area contributed by atoms with Gasteiger partial charge in [0, 0.05) is 44.5 Å². The van der Waals surface area contributed by atoms with E-state index < -0.39 is 0 Å². The van der Waals surface area contributed by atoms with Gasteiger partial charge < -0.3 is 19.9 Å².